The molecule has 0 spiro atoms. The van der Waals surface area contributed by atoms with E-state index in [1.165, 1.54) is 35.5 Å². The summed E-state index contributed by atoms with van der Waals surface area (Å²) in [6.07, 6.45) is -2.34. The number of esters is 1. The van der Waals surface area contributed by atoms with Gasteiger partial charge in [-0.15, -0.1) is 0 Å². The second-order valence-electron chi connectivity index (χ2n) is 7.56. The summed E-state index contributed by atoms with van der Waals surface area (Å²) in [6, 6.07) is 8.27. The van der Waals surface area contributed by atoms with Crippen molar-refractivity contribution in [2.24, 2.45) is 10.9 Å². The summed E-state index contributed by atoms with van der Waals surface area (Å²) in [4.78, 5) is 20.9. The standard InChI is InChI=1S/C22H13Cl3F3N5O2/c1-35-20(34)17-19(11-2-3-16(12(4-11)7-29)33-10-30-9-32-33)31-8-21(17,22(26,27)28)13-5-14(23)18(25)15(24)6-13/h2-6,9-10,17H,8H2,1H3. The number of nitriles is 1. The summed E-state index contributed by atoms with van der Waals surface area (Å²) in [5, 5.41) is 13.1. The zero-order valence-electron chi connectivity index (χ0n) is 17.6. The number of ether oxygens (including phenoxy) is 1. The van der Waals surface area contributed by atoms with E-state index in [1.54, 1.807) is 0 Å². The molecule has 35 heavy (non-hydrogen) atoms. The Kier molecular flexibility index (Phi) is 6.53. The summed E-state index contributed by atoms with van der Waals surface area (Å²) in [5.74, 6) is -3.08. The van der Waals surface area contributed by atoms with Gasteiger partial charge in [0, 0.05) is 0 Å². The van der Waals surface area contributed by atoms with E-state index in [0.29, 0.717) is 5.69 Å². The fraction of sp³-hybridized carbons (Fsp3) is 0.227. The predicted molar refractivity (Wildman–Crippen MR) is 122 cm³/mol. The van der Waals surface area contributed by atoms with Gasteiger partial charge in [-0.25, -0.2) is 9.67 Å². The van der Waals surface area contributed by atoms with Crippen LogP contribution < -0.4 is 0 Å². The molecule has 0 fully saturated rings. The van der Waals surface area contributed by atoms with Crippen LogP contribution in [0.4, 0.5) is 13.2 Å². The molecule has 180 valence electrons. The number of benzene rings is 2. The SMILES string of the molecule is COC(=O)C1C(c2ccc(-n3cncn3)c(C#N)c2)=NCC1(c1cc(Cl)c(Cl)c(Cl)c1)C(F)(F)F. The van der Waals surface area contributed by atoms with Crippen molar-refractivity contribution in [2.45, 2.75) is 11.6 Å². The van der Waals surface area contributed by atoms with E-state index < -0.39 is 35.6 Å². The Morgan fingerprint density at radius 2 is 1.91 bits per heavy atom. The maximum atomic E-state index is 14.8. The maximum Gasteiger partial charge on any atom is 0.401 e. The first-order valence-corrected chi connectivity index (χ1v) is 10.9. The Labute approximate surface area is 211 Å². The quantitative estimate of drug-likeness (QED) is 0.334. The lowest BCUT2D eigenvalue weighted by Gasteiger charge is -2.36. The van der Waals surface area contributed by atoms with Gasteiger partial charge in [0.25, 0.3) is 0 Å². The zero-order chi connectivity index (χ0) is 25.5. The number of methoxy groups -OCH3 is 1. The van der Waals surface area contributed by atoms with E-state index in [0.717, 1.165) is 19.2 Å². The third-order valence-electron chi connectivity index (χ3n) is 5.79. The molecule has 2 atom stereocenters. The number of carbonyl (C=O) groups excluding carboxylic acids is 1. The van der Waals surface area contributed by atoms with Crippen LogP contribution in [-0.4, -0.2) is 46.3 Å². The summed E-state index contributed by atoms with van der Waals surface area (Å²) >= 11 is 18.0. The molecule has 1 aromatic heterocycles. The molecule has 0 amide bonds. The number of carbonyl (C=O) groups is 1. The molecule has 0 N–H and O–H groups in total. The minimum Gasteiger partial charge on any atom is -0.468 e. The van der Waals surface area contributed by atoms with Gasteiger partial charge < -0.3 is 4.74 Å². The lowest BCUT2D eigenvalue weighted by molar-refractivity contribution is -0.200. The van der Waals surface area contributed by atoms with Crippen LogP contribution in [0, 0.1) is 17.2 Å². The molecular weight excluding hydrogens is 530 g/mol. The minimum atomic E-state index is -4.98. The molecule has 13 heteroatoms. The predicted octanol–water partition coefficient (Wildman–Crippen LogP) is 5.19. The van der Waals surface area contributed by atoms with Gasteiger partial charge in [-0.3, -0.25) is 9.79 Å². The van der Waals surface area contributed by atoms with Crippen LogP contribution in [0.15, 0.2) is 48.0 Å². The molecule has 4 rings (SSSR count). The molecule has 7 nitrogen and oxygen atoms in total. The van der Waals surface area contributed by atoms with E-state index in [4.69, 9.17) is 39.5 Å². The first-order valence-electron chi connectivity index (χ1n) is 9.78. The van der Waals surface area contributed by atoms with Gasteiger partial charge >= 0.3 is 12.1 Å². The number of rotatable bonds is 4. The molecule has 2 unspecified atom stereocenters. The number of hydrogen-bond acceptors (Lipinski definition) is 6. The third kappa shape index (κ3) is 4.03. The highest BCUT2D eigenvalue weighted by atomic mass is 35.5. The molecule has 3 aromatic rings. The molecule has 0 aliphatic carbocycles. The topological polar surface area (TPSA) is 93.2 Å². The Bertz CT molecular complexity index is 1360. The monoisotopic (exact) mass is 541 g/mol. The van der Waals surface area contributed by atoms with Gasteiger partial charge in [-0.05, 0) is 35.4 Å². The fourth-order valence-electron chi connectivity index (χ4n) is 4.12. The lowest BCUT2D eigenvalue weighted by Crippen LogP contribution is -2.53. The van der Waals surface area contributed by atoms with Crippen LogP contribution in [-0.2, 0) is 14.9 Å². The van der Waals surface area contributed by atoms with Crippen molar-refractivity contribution < 1.29 is 22.7 Å². The van der Waals surface area contributed by atoms with Gasteiger partial charge in [-0.1, -0.05) is 40.9 Å². The number of hydrogen-bond donors (Lipinski definition) is 0. The van der Waals surface area contributed by atoms with E-state index in [-0.39, 0.29) is 31.9 Å². The number of alkyl halides is 3. The van der Waals surface area contributed by atoms with E-state index in [2.05, 4.69) is 15.1 Å². The van der Waals surface area contributed by atoms with Gasteiger partial charge in [0.15, 0.2) is 0 Å². The Morgan fingerprint density at radius 3 is 2.46 bits per heavy atom. The van der Waals surface area contributed by atoms with Crippen molar-refractivity contribution in [1.29, 1.82) is 5.26 Å². The van der Waals surface area contributed by atoms with Crippen molar-refractivity contribution >= 4 is 46.5 Å². The van der Waals surface area contributed by atoms with E-state index >= 15 is 0 Å². The van der Waals surface area contributed by atoms with Crippen molar-refractivity contribution in [3.8, 4) is 11.8 Å². The smallest absolute Gasteiger partial charge is 0.401 e. The molecule has 2 heterocycles. The summed E-state index contributed by atoms with van der Waals surface area (Å²) < 4.78 is 50.6. The van der Waals surface area contributed by atoms with Crippen LogP contribution in [0.1, 0.15) is 16.7 Å². The van der Waals surface area contributed by atoms with Crippen molar-refractivity contribution in [3.63, 3.8) is 0 Å². The molecule has 1 aliphatic heterocycles. The fourth-order valence-corrected chi connectivity index (χ4v) is 4.72. The van der Waals surface area contributed by atoms with Gasteiger partial charge in [0.2, 0.25) is 0 Å². The highest BCUT2D eigenvalue weighted by Crippen LogP contribution is 2.53. The molecule has 2 aromatic carbocycles. The lowest BCUT2D eigenvalue weighted by atomic mass is 9.68. The van der Waals surface area contributed by atoms with Crippen molar-refractivity contribution in [2.75, 3.05) is 13.7 Å². The molecule has 0 saturated carbocycles. The molecular formula is C22H13Cl3F3N5O2. The minimum absolute atomic E-state index is 0.0846. The van der Waals surface area contributed by atoms with Crippen LogP contribution in [0.3, 0.4) is 0 Å². The molecule has 0 bridgehead atoms. The molecule has 0 saturated heterocycles. The van der Waals surface area contributed by atoms with Crippen molar-refractivity contribution in [1.82, 2.24) is 14.8 Å². The zero-order valence-corrected chi connectivity index (χ0v) is 19.9. The number of aliphatic imine (C=N–C) groups is 1. The van der Waals surface area contributed by atoms with Gasteiger partial charge in [-0.2, -0.15) is 23.5 Å². The summed E-state index contributed by atoms with van der Waals surface area (Å²) in [7, 11) is 0.982. The molecule has 1 aliphatic rings. The average Bonchev–Trinajstić information content (AvgIpc) is 3.50. The van der Waals surface area contributed by atoms with Gasteiger partial charge in [0.1, 0.15) is 30.1 Å². The maximum absolute atomic E-state index is 14.8. The van der Waals surface area contributed by atoms with Crippen LogP contribution >= 0.6 is 34.8 Å². The number of aromatic nitrogens is 3. The van der Waals surface area contributed by atoms with Gasteiger partial charge in [0.05, 0.1) is 45.7 Å². The highest BCUT2D eigenvalue weighted by Gasteiger charge is 2.67. The second kappa shape index (κ2) is 9.15. The third-order valence-corrected chi connectivity index (χ3v) is 6.98. The van der Waals surface area contributed by atoms with Crippen LogP contribution in [0.2, 0.25) is 15.1 Å². The Hall–Kier alpha value is -3.13. The van der Waals surface area contributed by atoms with E-state index in [1.807, 2.05) is 6.07 Å². The van der Waals surface area contributed by atoms with Crippen LogP contribution in [0.5, 0.6) is 0 Å². The van der Waals surface area contributed by atoms with Crippen LogP contribution in [0.25, 0.3) is 5.69 Å². The Morgan fingerprint density at radius 1 is 1.23 bits per heavy atom. The number of nitrogens with zero attached hydrogens (tertiary/aromatic N) is 5. The van der Waals surface area contributed by atoms with E-state index in [9.17, 15) is 23.2 Å². The summed E-state index contributed by atoms with van der Waals surface area (Å²) in [5.41, 5.74) is -2.86. The van der Waals surface area contributed by atoms with Crippen molar-refractivity contribution in [3.05, 3.63) is 74.7 Å². The first kappa shape index (κ1) is 25.0. The number of halogens is 6. The second-order valence-corrected chi connectivity index (χ2v) is 8.76. The molecule has 0 radical (unpaired) electrons. The largest absolute Gasteiger partial charge is 0.468 e. The average molecular weight is 543 g/mol. The first-order chi connectivity index (χ1) is 16.5. The Balaban J connectivity index is 1.91. The highest BCUT2D eigenvalue weighted by molar-refractivity contribution is 6.48. The summed E-state index contributed by atoms with van der Waals surface area (Å²) in [6.45, 7) is -0.841. The normalized spacial score (nSPS) is 19.8.